The summed E-state index contributed by atoms with van der Waals surface area (Å²) in [4.78, 5) is 3.21. The van der Waals surface area contributed by atoms with Crippen LogP contribution in [-0.2, 0) is 0 Å². The molecule has 240 valence electrons. The van der Waals surface area contributed by atoms with Crippen molar-refractivity contribution in [2.75, 3.05) is 6.61 Å². The van der Waals surface area contributed by atoms with Crippen LogP contribution in [0.4, 0.5) is 0 Å². The molecule has 0 aromatic carbocycles. The lowest BCUT2D eigenvalue weighted by Gasteiger charge is -2.33. The normalized spacial score (nSPS) is 20.3. The van der Waals surface area contributed by atoms with E-state index in [0.29, 0.717) is 0 Å². The van der Waals surface area contributed by atoms with Crippen LogP contribution in [0.15, 0.2) is 130 Å². The fraction of sp³-hybridized carbons (Fsp3) is 0.452. The Hall–Kier alpha value is -3.23. The summed E-state index contributed by atoms with van der Waals surface area (Å²) in [5.74, 6) is 0. The summed E-state index contributed by atoms with van der Waals surface area (Å²) in [7, 11) is 0. The molecule has 0 radical (unpaired) electrons. The molecule has 0 spiro atoms. The molecule has 0 saturated carbocycles. The van der Waals surface area contributed by atoms with Gasteiger partial charge >= 0.3 is 0 Å². The van der Waals surface area contributed by atoms with E-state index in [4.69, 9.17) is 5.11 Å². The summed E-state index contributed by atoms with van der Waals surface area (Å²) in [5.41, 5.74) is 11.3. The number of aliphatic hydroxyl groups is 1. The Morgan fingerprint density at radius 1 is 0.727 bits per heavy atom. The SMILES string of the molecule is C=C(\C=C/[NH+]=C/C=C(C)/C=C/C=C(C)/C=C/C1=C(C)CCCC1(C)C)/C=C/C=C(C)/C=C/C1=C(C)CCCC1(C)C.CCO. The van der Waals surface area contributed by atoms with E-state index < -0.39 is 0 Å². The van der Waals surface area contributed by atoms with Crippen LogP contribution in [-0.4, -0.2) is 17.9 Å². The van der Waals surface area contributed by atoms with Gasteiger partial charge in [0.1, 0.15) is 0 Å². The Morgan fingerprint density at radius 3 is 1.61 bits per heavy atom. The van der Waals surface area contributed by atoms with Crippen molar-refractivity contribution in [1.82, 2.24) is 0 Å². The van der Waals surface area contributed by atoms with Gasteiger partial charge in [0.15, 0.2) is 12.4 Å². The Bertz CT molecular complexity index is 1290. The molecule has 0 aliphatic heterocycles. The van der Waals surface area contributed by atoms with E-state index in [1.165, 1.54) is 72.0 Å². The monoisotopic (exact) mass is 596 g/mol. The van der Waals surface area contributed by atoms with Crippen LogP contribution in [0.2, 0.25) is 0 Å². The largest absolute Gasteiger partial charge is 0.397 e. The molecule has 0 fully saturated rings. The zero-order chi connectivity index (χ0) is 33.2. The molecule has 0 atom stereocenters. The minimum Gasteiger partial charge on any atom is -0.397 e. The average molecular weight is 597 g/mol. The van der Waals surface area contributed by atoms with Gasteiger partial charge in [-0.1, -0.05) is 117 Å². The van der Waals surface area contributed by atoms with Crippen molar-refractivity contribution in [2.24, 2.45) is 10.8 Å². The van der Waals surface area contributed by atoms with Crippen LogP contribution in [0.1, 0.15) is 108 Å². The van der Waals surface area contributed by atoms with E-state index >= 15 is 0 Å². The molecule has 2 nitrogen and oxygen atoms in total. The predicted molar refractivity (Wildman–Crippen MR) is 197 cm³/mol. The Morgan fingerprint density at radius 2 is 1.16 bits per heavy atom. The van der Waals surface area contributed by atoms with Crippen LogP contribution in [0.3, 0.4) is 0 Å². The van der Waals surface area contributed by atoms with Gasteiger partial charge in [-0.2, -0.15) is 0 Å². The van der Waals surface area contributed by atoms with Gasteiger partial charge in [0.2, 0.25) is 0 Å². The van der Waals surface area contributed by atoms with E-state index in [1.807, 2.05) is 24.6 Å². The maximum absolute atomic E-state index is 7.57. The summed E-state index contributed by atoms with van der Waals surface area (Å²) in [5, 5.41) is 7.57. The molecule has 44 heavy (non-hydrogen) atoms. The van der Waals surface area contributed by atoms with Crippen molar-refractivity contribution in [2.45, 2.75) is 108 Å². The van der Waals surface area contributed by atoms with Crippen molar-refractivity contribution in [3.05, 3.63) is 130 Å². The highest BCUT2D eigenvalue weighted by molar-refractivity contribution is 5.67. The van der Waals surface area contributed by atoms with Crippen molar-refractivity contribution < 1.29 is 10.1 Å². The van der Waals surface area contributed by atoms with E-state index in [-0.39, 0.29) is 17.4 Å². The molecule has 0 unspecified atom stereocenters. The van der Waals surface area contributed by atoms with Gasteiger partial charge in [0.25, 0.3) is 0 Å². The Labute approximate surface area is 271 Å². The smallest absolute Gasteiger partial charge is 0.167 e. The number of hydrogen-bond donors (Lipinski definition) is 2. The van der Waals surface area contributed by atoms with Crippen molar-refractivity contribution in [3.63, 3.8) is 0 Å². The number of nitrogens with one attached hydrogen (secondary N) is 1. The lowest BCUT2D eigenvalue weighted by molar-refractivity contribution is -0.365. The first-order valence-corrected chi connectivity index (χ1v) is 16.4. The molecular weight excluding hydrogens is 534 g/mol. The molecular formula is C42H62NO+. The third kappa shape index (κ3) is 15.0. The van der Waals surface area contributed by atoms with Gasteiger partial charge in [0, 0.05) is 18.8 Å². The first-order chi connectivity index (χ1) is 20.7. The molecule has 2 heteroatoms. The molecule has 0 aromatic rings. The first-order valence-electron chi connectivity index (χ1n) is 16.4. The zero-order valence-electron chi connectivity index (χ0n) is 29.7. The van der Waals surface area contributed by atoms with E-state index in [2.05, 4.69) is 135 Å². The molecule has 0 bridgehead atoms. The molecule has 2 aliphatic carbocycles. The molecule has 2 rings (SSSR count). The van der Waals surface area contributed by atoms with E-state index in [9.17, 15) is 0 Å². The Balaban J connectivity index is 0.00000309. The second-order valence-corrected chi connectivity index (χ2v) is 13.5. The summed E-state index contributed by atoms with van der Waals surface area (Å²) in [6.07, 6.45) is 37.3. The first kappa shape index (κ1) is 38.8. The Kier molecular flexibility index (Phi) is 17.6. The fourth-order valence-electron chi connectivity index (χ4n) is 5.74. The van der Waals surface area contributed by atoms with Crippen LogP contribution in [0.5, 0.6) is 0 Å². The van der Waals surface area contributed by atoms with Gasteiger partial charge in [-0.05, 0) is 113 Å². The second kappa shape index (κ2) is 19.9. The standard InChI is InChI=1S/C40H55N.C2H6O/c1-31(21-23-37-35(5)19-13-27-39(37,7)8)15-11-17-33(3)25-29-41-30-26-34(4)18-12-16-32(2)22-24-38-36(6)20-14-28-40(38,9)10;1-2-3/h11-12,15-18,21-26,29-30H,3,13-14,19-20,27-28H2,1-2,4-10H3;3H,2H2,1H3/p+1/b17-11+,18-12+,23-21+,24-22+,29-25-,31-15+,32-16+,34-26+,41-30+;. The fourth-order valence-corrected chi connectivity index (χ4v) is 5.74. The van der Waals surface area contributed by atoms with Gasteiger partial charge in [0.05, 0.1) is 0 Å². The van der Waals surface area contributed by atoms with Gasteiger partial charge < -0.3 is 5.11 Å². The number of aliphatic hydroxyl groups excluding tert-OH is 1. The number of rotatable bonds is 11. The third-order valence-corrected chi connectivity index (χ3v) is 8.33. The summed E-state index contributed by atoms with van der Waals surface area (Å²) < 4.78 is 0. The van der Waals surface area contributed by atoms with Crippen molar-refractivity contribution >= 4 is 6.21 Å². The second-order valence-electron chi connectivity index (χ2n) is 13.5. The average Bonchev–Trinajstić information content (AvgIpc) is 2.92. The molecule has 0 saturated heterocycles. The van der Waals surface area contributed by atoms with Gasteiger partial charge in [-0.25, -0.2) is 4.99 Å². The predicted octanol–water partition coefficient (Wildman–Crippen LogP) is 10.3. The molecule has 0 amide bonds. The van der Waals surface area contributed by atoms with Crippen LogP contribution >= 0.6 is 0 Å². The summed E-state index contributed by atoms with van der Waals surface area (Å²) in [6, 6.07) is 0. The minimum absolute atomic E-state index is 0.250. The van der Waals surface area contributed by atoms with E-state index in [1.54, 1.807) is 12.5 Å². The number of allylic oxidation sites excluding steroid dienone is 20. The molecule has 2 N–H and O–H groups in total. The van der Waals surface area contributed by atoms with Crippen LogP contribution in [0.25, 0.3) is 0 Å². The van der Waals surface area contributed by atoms with E-state index in [0.717, 1.165) is 5.57 Å². The van der Waals surface area contributed by atoms with Gasteiger partial charge in [-0.15, -0.1) is 0 Å². The summed E-state index contributed by atoms with van der Waals surface area (Å²) in [6.45, 7) is 26.5. The molecule has 2 aliphatic rings. The third-order valence-electron chi connectivity index (χ3n) is 8.33. The zero-order valence-corrected chi connectivity index (χ0v) is 29.7. The minimum atomic E-state index is 0.250. The highest BCUT2D eigenvalue weighted by Crippen LogP contribution is 2.41. The van der Waals surface area contributed by atoms with Crippen LogP contribution < -0.4 is 4.99 Å². The lowest BCUT2D eigenvalue weighted by atomic mass is 9.72. The number of hydrogen-bond acceptors (Lipinski definition) is 1. The van der Waals surface area contributed by atoms with Crippen molar-refractivity contribution in [1.29, 1.82) is 0 Å². The maximum atomic E-state index is 7.57. The molecule has 0 heterocycles. The molecule has 0 aromatic heterocycles. The summed E-state index contributed by atoms with van der Waals surface area (Å²) >= 11 is 0. The van der Waals surface area contributed by atoms with Crippen molar-refractivity contribution in [3.8, 4) is 0 Å². The maximum Gasteiger partial charge on any atom is 0.167 e. The van der Waals surface area contributed by atoms with Gasteiger partial charge in [-0.3, -0.25) is 0 Å². The quantitative estimate of drug-likeness (QED) is 0.181. The highest BCUT2D eigenvalue weighted by Gasteiger charge is 2.27. The topological polar surface area (TPSA) is 34.2 Å². The highest BCUT2D eigenvalue weighted by atomic mass is 16.2. The lowest BCUT2D eigenvalue weighted by Crippen LogP contribution is -2.60. The van der Waals surface area contributed by atoms with Crippen LogP contribution in [0, 0.1) is 10.8 Å².